The van der Waals surface area contributed by atoms with E-state index in [-0.39, 0.29) is 6.03 Å². The molecule has 126 valence electrons. The molecule has 0 saturated carbocycles. The van der Waals surface area contributed by atoms with Crippen LogP contribution in [0.1, 0.15) is 18.4 Å². The van der Waals surface area contributed by atoms with Crippen molar-refractivity contribution in [3.05, 3.63) is 48.2 Å². The maximum Gasteiger partial charge on any atom is 0.321 e. The average molecular weight is 327 g/mol. The van der Waals surface area contributed by atoms with Gasteiger partial charge in [0.1, 0.15) is 5.75 Å². The van der Waals surface area contributed by atoms with Gasteiger partial charge in [-0.25, -0.2) is 9.78 Å². The molecule has 6 nitrogen and oxygen atoms in total. The van der Waals surface area contributed by atoms with Crippen LogP contribution >= 0.6 is 0 Å². The Morgan fingerprint density at radius 3 is 2.75 bits per heavy atom. The van der Waals surface area contributed by atoms with Crippen LogP contribution in [0.2, 0.25) is 0 Å². The van der Waals surface area contributed by atoms with E-state index in [1.54, 1.807) is 23.2 Å². The van der Waals surface area contributed by atoms with Gasteiger partial charge in [0.2, 0.25) is 5.88 Å². The summed E-state index contributed by atoms with van der Waals surface area (Å²) in [5.74, 6) is 1.18. The Balaban J connectivity index is 1.58. The van der Waals surface area contributed by atoms with Gasteiger partial charge in [-0.15, -0.1) is 0 Å². The Morgan fingerprint density at radius 1 is 1.29 bits per heavy atom. The summed E-state index contributed by atoms with van der Waals surface area (Å²) in [7, 11) is 0. The highest BCUT2D eigenvalue weighted by molar-refractivity contribution is 5.89. The fourth-order valence-electron chi connectivity index (χ4n) is 2.58. The van der Waals surface area contributed by atoms with Crippen LogP contribution in [0.4, 0.5) is 10.5 Å². The molecule has 0 bridgehead atoms. The number of aliphatic hydroxyl groups is 1. The lowest BCUT2D eigenvalue weighted by Crippen LogP contribution is -2.44. The number of carbonyl (C=O) groups excluding carboxylic acids is 1. The van der Waals surface area contributed by atoms with Crippen molar-refractivity contribution < 1.29 is 14.6 Å². The van der Waals surface area contributed by atoms with Gasteiger partial charge in [0.05, 0.1) is 18.0 Å². The molecule has 6 heteroatoms. The van der Waals surface area contributed by atoms with Crippen LogP contribution in [-0.2, 0) is 0 Å². The van der Waals surface area contributed by atoms with E-state index in [0.717, 1.165) is 18.4 Å². The first-order chi connectivity index (χ1) is 11.6. The van der Waals surface area contributed by atoms with E-state index in [2.05, 4.69) is 10.3 Å². The summed E-state index contributed by atoms with van der Waals surface area (Å²) in [6.45, 7) is 3.04. The molecule has 0 aliphatic carbocycles. The van der Waals surface area contributed by atoms with Crippen molar-refractivity contribution in [2.24, 2.45) is 0 Å². The molecular weight excluding hydrogens is 306 g/mol. The number of hydrogen-bond acceptors (Lipinski definition) is 4. The number of nitrogens with zero attached hydrogens (tertiary/aromatic N) is 2. The number of rotatable bonds is 3. The molecule has 0 spiro atoms. The third kappa shape index (κ3) is 4.23. The number of aromatic nitrogens is 1. The van der Waals surface area contributed by atoms with Crippen molar-refractivity contribution >= 4 is 11.7 Å². The second kappa shape index (κ2) is 7.31. The van der Waals surface area contributed by atoms with Crippen molar-refractivity contribution in [2.75, 3.05) is 18.4 Å². The Morgan fingerprint density at radius 2 is 2.08 bits per heavy atom. The van der Waals surface area contributed by atoms with Gasteiger partial charge in [-0.2, -0.15) is 0 Å². The number of pyridine rings is 1. The zero-order valence-corrected chi connectivity index (χ0v) is 13.6. The van der Waals surface area contributed by atoms with Crippen molar-refractivity contribution in [1.82, 2.24) is 9.88 Å². The lowest BCUT2D eigenvalue weighted by atomic mass is 10.1. The van der Waals surface area contributed by atoms with Crippen molar-refractivity contribution in [3.8, 4) is 11.6 Å². The topological polar surface area (TPSA) is 74.7 Å². The number of urea groups is 1. The van der Waals surface area contributed by atoms with Gasteiger partial charge in [-0.3, -0.25) is 0 Å². The Hall–Kier alpha value is -2.60. The van der Waals surface area contributed by atoms with Crippen LogP contribution in [-0.4, -0.2) is 40.2 Å². The molecule has 24 heavy (non-hydrogen) atoms. The quantitative estimate of drug-likeness (QED) is 0.908. The van der Waals surface area contributed by atoms with E-state index < -0.39 is 6.10 Å². The van der Waals surface area contributed by atoms with E-state index in [0.29, 0.717) is 30.4 Å². The maximum atomic E-state index is 12.2. The zero-order valence-electron chi connectivity index (χ0n) is 13.6. The molecule has 1 aliphatic heterocycles. The molecule has 0 radical (unpaired) electrons. The summed E-state index contributed by atoms with van der Waals surface area (Å²) in [5.41, 5.74) is 1.76. The Kier molecular flexibility index (Phi) is 4.96. The highest BCUT2D eigenvalue weighted by Crippen LogP contribution is 2.21. The fourth-order valence-corrected chi connectivity index (χ4v) is 2.58. The van der Waals surface area contributed by atoms with Crippen LogP contribution in [0.25, 0.3) is 0 Å². The maximum absolute atomic E-state index is 12.2. The zero-order chi connectivity index (χ0) is 16.9. The molecule has 2 aromatic rings. The number of ether oxygens (including phenoxy) is 1. The standard InChI is InChI=1S/C18H21N3O3/c1-13-4-7-16(8-5-13)24-17-9-6-14(11-19-17)20-18(23)21-10-2-3-15(22)12-21/h4-9,11,15,22H,2-3,10,12H2,1H3,(H,20,23)/t15-/m0/s1. The molecule has 1 saturated heterocycles. The normalized spacial score (nSPS) is 17.4. The van der Waals surface area contributed by atoms with Crippen molar-refractivity contribution in [1.29, 1.82) is 0 Å². The molecule has 1 aromatic carbocycles. The highest BCUT2D eigenvalue weighted by atomic mass is 16.5. The molecule has 1 aliphatic rings. The Bertz CT molecular complexity index is 686. The minimum Gasteiger partial charge on any atom is -0.439 e. The van der Waals surface area contributed by atoms with Gasteiger partial charge in [-0.05, 0) is 38.0 Å². The summed E-state index contributed by atoms with van der Waals surface area (Å²) in [4.78, 5) is 18.0. The number of aliphatic hydroxyl groups excluding tert-OH is 1. The van der Waals surface area contributed by atoms with Gasteiger partial charge in [-0.1, -0.05) is 17.7 Å². The summed E-state index contributed by atoms with van der Waals surface area (Å²) < 4.78 is 5.66. The fraction of sp³-hybridized carbons (Fsp3) is 0.333. The van der Waals surface area contributed by atoms with E-state index in [1.165, 1.54) is 0 Å². The van der Waals surface area contributed by atoms with Crippen LogP contribution in [0, 0.1) is 6.92 Å². The molecule has 1 atom stereocenters. The summed E-state index contributed by atoms with van der Waals surface area (Å²) in [6.07, 6.45) is 2.68. The van der Waals surface area contributed by atoms with E-state index in [9.17, 15) is 9.90 Å². The smallest absolute Gasteiger partial charge is 0.321 e. The Labute approximate surface area is 141 Å². The lowest BCUT2D eigenvalue weighted by Gasteiger charge is -2.30. The second-order valence-electron chi connectivity index (χ2n) is 5.97. The molecule has 3 rings (SSSR count). The number of piperidine rings is 1. The van der Waals surface area contributed by atoms with Crippen LogP contribution in [0.15, 0.2) is 42.6 Å². The van der Waals surface area contributed by atoms with Gasteiger partial charge in [0.15, 0.2) is 0 Å². The number of hydrogen-bond donors (Lipinski definition) is 2. The first-order valence-corrected chi connectivity index (χ1v) is 8.05. The highest BCUT2D eigenvalue weighted by Gasteiger charge is 2.22. The number of amides is 2. The number of anilines is 1. The molecular formula is C18H21N3O3. The third-order valence-electron chi connectivity index (χ3n) is 3.91. The lowest BCUT2D eigenvalue weighted by molar-refractivity contribution is 0.0883. The summed E-state index contributed by atoms with van der Waals surface area (Å²) in [6, 6.07) is 10.9. The van der Waals surface area contributed by atoms with E-state index >= 15 is 0 Å². The second-order valence-corrected chi connectivity index (χ2v) is 5.97. The van der Waals surface area contributed by atoms with E-state index in [4.69, 9.17) is 4.74 Å². The number of β-amino-alcohol motifs (C(OH)–C–C–N with tert-alkyl or cyclic N) is 1. The monoisotopic (exact) mass is 327 g/mol. The van der Waals surface area contributed by atoms with Crippen LogP contribution < -0.4 is 10.1 Å². The number of benzene rings is 1. The molecule has 2 N–H and O–H groups in total. The molecule has 1 aromatic heterocycles. The van der Waals surface area contributed by atoms with E-state index in [1.807, 2.05) is 31.2 Å². The van der Waals surface area contributed by atoms with Gasteiger partial charge >= 0.3 is 6.03 Å². The first kappa shape index (κ1) is 16.3. The number of aryl methyl sites for hydroxylation is 1. The minimum atomic E-state index is -0.437. The van der Waals surface area contributed by atoms with Crippen LogP contribution in [0.3, 0.4) is 0 Å². The molecule has 2 amide bonds. The summed E-state index contributed by atoms with van der Waals surface area (Å²) in [5, 5.41) is 12.4. The molecule has 0 unspecified atom stereocenters. The van der Waals surface area contributed by atoms with Gasteiger partial charge < -0.3 is 20.1 Å². The third-order valence-corrected chi connectivity index (χ3v) is 3.91. The van der Waals surface area contributed by atoms with Crippen molar-refractivity contribution in [3.63, 3.8) is 0 Å². The predicted molar refractivity (Wildman–Crippen MR) is 91.3 cm³/mol. The number of carbonyl (C=O) groups is 1. The number of nitrogens with one attached hydrogen (secondary N) is 1. The largest absolute Gasteiger partial charge is 0.439 e. The summed E-state index contributed by atoms with van der Waals surface area (Å²) >= 11 is 0. The minimum absolute atomic E-state index is 0.220. The van der Waals surface area contributed by atoms with Crippen molar-refractivity contribution in [2.45, 2.75) is 25.9 Å². The predicted octanol–water partition coefficient (Wildman–Crippen LogP) is 3.17. The average Bonchev–Trinajstić information content (AvgIpc) is 2.59. The van der Waals surface area contributed by atoms with Gasteiger partial charge in [0, 0.05) is 19.2 Å². The number of likely N-dealkylation sites (tertiary alicyclic amines) is 1. The first-order valence-electron chi connectivity index (χ1n) is 8.05. The van der Waals surface area contributed by atoms with Gasteiger partial charge in [0.25, 0.3) is 0 Å². The molecule has 2 heterocycles. The molecule has 1 fully saturated rings. The van der Waals surface area contributed by atoms with Crippen LogP contribution in [0.5, 0.6) is 11.6 Å². The SMILES string of the molecule is Cc1ccc(Oc2ccc(NC(=O)N3CCC[C@H](O)C3)cn2)cc1.